The Morgan fingerprint density at radius 3 is 2.61 bits per heavy atom. The molecule has 1 aliphatic rings. The highest BCUT2D eigenvalue weighted by Crippen LogP contribution is 2.34. The van der Waals surface area contributed by atoms with Crippen molar-refractivity contribution < 1.29 is 14.3 Å². The summed E-state index contributed by atoms with van der Waals surface area (Å²) in [5.41, 5.74) is 3.90. The summed E-state index contributed by atoms with van der Waals surface area (Å²) in [6.45, 7) is 11.3. The number of fused-ring (bicyclic) bond motifs is 1. The van der Waals surface area contributed by atoms with Crippen molar-refractivity contribution in [3.63, 3.8) is 0 Å². The van der Waals surface area contributed by atoms with E-state index in [0.717, 1.165) is 23.3 Å². The molecular weight excluding hydrogens is 468 g/mol. The summed E-state index contributed by atoms with van der Waals surface area (Å²) in [6.07, 6.45) is 2.48. The predicted octanol–water partition coefficient (Wildman–Crippen LogP) is 6.01. The number of hydrogen-bond acceptors (Lipinski definition) is 4. The molecule has 6 heteroatoms. The number of carbonyl (C=O) groups excluding carboxylic acids is 2. The number of carbonyl (C=O) groups is 2. The molecule has 5 nitrogen and oxygen atoms in total. The second-order valence-electron chi connectivity index (χ2n) is 9.48. The Hall–Kier alpha value is -3.38. The van der Waals surface area contributed by atoms with Gasteiger partial charge in [-0.1, -0.05) is 50.3 Å². The van der Waals surface area contributed by atoms with Crippen molar-refractivity contribution in [1.29, 1.82) is 0 Å². The van der Waals surface area contributed by atoms with E-state index in [4.69, 9.17) is 4.74 Å². The lowest BCUT2D eigenvalue weighted by Crippen LogP contribution is -2.48. The van der Waals surface area contributed by atoms with Crippen molar-refractivity contribution in [3.05, 3.63) is 99.8 Å². The van der Waals surface area contributed by atoms with E-state index in [9.17, 15) is 9.59 Å². The SMILES string of the molecule is C=CCN(CC(=O)N1CCc2sccc2C1COc1ccc(C(C)C)cc1)C(=O)c1ccccc1C. The van der Waals surface area contributed by atoms with Gasteiger partial charge in [0.05, 0.1) is 6.04 Å². The van der Waals surface area contributed by atoms with Crippen LogP contribution in [0.1, 0.15) is 57.7 Å². The third-order valence-corrected chi connectivity index (χ3v) is 7.70. The molecule has 3 aromatic rings. The van der Waals surface area contributed by atoms with E-state index in [1.165, 1.54) is 10.4 Å². The van der Waals surface area contributed by atoms with Gasteiger partial charge in [0.15, 0.2) is 0 Å². The van der Waals surface area contributed by atoms with Crippen LogP contribution in [-0.4, -0.2) is 47.9 Å². The van der Waals surface area contributed by atoms with Crippen LogP contribution in [0.4, 0.5) is 0 Å². The van der Waals surface area contributed by atoms with Gasteiger partial charge in [0.2, 0.25) is 5.91 Å². The summed E-state index contributed by atoms with van der Waals surface area (Å²) < 4.78 is 6.19. The normalized spacial score (nSPS) is 14.9. The maximum absolute atomic E-state index is 13.6. The van der Waals surface area contributed by atoms with Crippen molar-refractivity contribution in [2.24, 2.45) is 0 Å². The number of rotatable bonds is 9. The molecule has 188 valence electrons. The number of amides is 2. The fourth-order valence-corrected chi connectivity index (χ4v) is 5.54. The molecule has 1 aliphatic heterocycles. The highest BCUT2D eigenvalue weighted by Gasteiger charge is 2.33. The largest absolute Gasteiger partial charge is 0.491 e. The Morgan fingerprint density at radius 1 is 1.17 bits per heavy atom. The maximum Gasteiger partial charge on any atom is 0.254 e. The Bertz CT molecular complexity index is 1210. The highest BCUT2D eigenvalue weighted by molar-refractivity contribution is 7.10. The fourth-order valence-electron chi connectivity index (χ4n) is 4.61. The highest BCUT2D eigenvalue weighted by atomic mass is 32.1. The van der Waals surface area contributed by atoms with Gasteiger partial charge >= 0.3 is 0 Å². The van der Waals surface area contributed by atoms with Gasteiger partial charge in [-0.3, -0.25) is 9.59 Å². The van der Waals surface area contributed by atoms with Gasteiger partial charge in [-0.05, 0) is 65.6 Å². The van der Waals surface area contributed by atoms with Gasteiger partial charge < -0.3 is 14.5 Å². The molecule has 2 heterocycles. The first-order valence-corrected chi connectivity index (χ1v) is 13.3. The second kappa shape index (κ2) is 11.6. The number of benzene rings is 2. The Balaban J connectivity index is 1.51. The molecule has 1 atom stereocenters. The van der Waals surface area contributed by atoms with Crippen LogP contribution in [0.5, 0.6) is 5.75 Å². The molecule has 4 rings (SSSR count). The van der Waals surface area contributed by atoms with Gasteiger partial charge in [0, 0.05) is 23.5 Å². The molecule has 0 saturated carbocycles. The number of thiophene rings is 1. The minimum absolute atomic E-state index is 0.00174. The van der Waals surface area contributed by atoms with Crippen LogP contribution < -0.4 is 4.74 Å². The summed E-state index contributed by atoms with van der Waals surface area (Å²) in [7, 11) is 0. The van der Waals surface area contributed by atoms with Crippen LogP contribution in [0.15, 0.2) is 72.6 Å². The lowest BCUT2D eigenvalue weighted by Gasteiger charge is -2.37. The molecule has 0 fully saturated rings. The van der Waals surface area contributed by atoms with E-state index in [1.807, 2.05) is 42.2 Å². The number of hydrogen-bond donors (Lipinski definition) is 0. The minimum Gasteiger partial charge on any atom is -0.491 e. The molecule has 0 radical (unpaired) electrons. The van der Waals surface area contributed by atoms with Gasteiger partial charge in [-0.15, -0.1) is 17.9 Å². The summed E-state index contributed by atoms with van der Waals surface area (Å²) in [4.78, 5) is 31.6. The van der Waals surface area contributed by atoms with Crippen LogP contribution in [0.2, 0.25) is 0 Å². The molecule has 1 aromatic heterocycles. The van der Waals surface area contributed by atoms with Crippen molar-refractivity contribution in [1.82, 2.24) is 9.80 Å². The predicted molar refractivity (Wildman–Crippen MR) is 146 cm³/mol. The zero-order valence-corrected chi connectivity index (χ0v) is 22.1. The summed E-state index contributed by atoms with van der Waals surface area (Å²) >= 11 is 1.72. The first-order valence-electron chi connectivity index (χ1n) is 12.4. The van der Waals surface area contributed by atoms with Crippen molar-refractivity contribution in [2.45, 2.75) is 39.2 Å². The molecule has 1 unspecified atom stereocenters. The number of nitrogens with zero attached hydrogens (tertiary/aromatic N) is 2. The topological polar surface area (TPSA) is 49.9 Å². The van der Waals surface area contributed by atoms with Crippen molar-refractivity contribution >= 4 is 23.2 Å². The molecule has 2 amide bonds. The third kappa shape index (κ3) is 5.71. The average molecular weight is 503 g/mol. The zero-order valence-electron chi connectivity index (χ0n) is 21.3. The maximum atomic E-state index is 13.6. The molecule has 0 N–H and O–H groups in total. The van der Waals surface area contributed by atoms with E-state index in [-0.39, 0.29) is 24.4 Å². The van der Waals surface area contributed by atoms with Gasteiger partial charge in [-0.25, -0.2) is 0 Å². The number of aryl methyl sites for hydroxylation is 1. The molecule has 0 aliphatic carbocycles. The van der Waals surface area contributed by atoms with E-state index >= 15 is 0 Å². The molecule has 0 spiro atoms. The summed E-state index contributed by atoms with van der Waals surface area (Å²) in [5, 5.41) is 2.08. The summed E-state index contributed by atoms with van der Waals surface area (Å²) in [5.74, 6) is 1.00. The second-order valence-corrected chi connectivity index (χ2v) is 10.5. The average Bonchev–Trinajstić information content (AvgIpc) is 3.36. The third-order valence-electron chi connectivity index (χ3n) is 6.71. The quantitative estimate of drug-likeness (QED) is 0.337. The van der Waals surface area contributed by atoms with Crippen molar-refractivity contribution in [2.75, 3.05) is 26.2 Å². The Kier molecular flexibility index (Phi) is 8.26. The van der Waals surface area contributed by atoms with Crippen LogP contribution in [-0.2, 0) is 11.2 Å². The van der Waals surface area contributed by atoms with Crippen LogP contribution in [0.25, 0.3) is 0 Å². The first kappa shape index (κ1) is 25.7. The lowest BCUT2D eigenvalue weighted by molar-refractivity contribution is -0.135. The van der Waals surface area contributed by atoms with Gasteiger partial charge in [0.25, 0.3) is 5.91 Å². The van der Waals surface area contributed by atoms with Crippen molar-refractivity contribution in [3.8, 4) is 5.75 Å². The molecule has 0 bridgehead atoms. The van der Waals surface area contributed by atoms with Crippen LogP contribution >= 0.6 is 11.3 Å². The molecule has 0 saturated heterocycles. The Labute approximate surface area is 218 Å². The van der Waals surface area contributed by atoms with E-state index in [1.54, 1.807) is 28.4 Å². The molecule has 2 aromatic carbocycles. The smallest absolute Gasteiger partial charge is 0.254 e. The lowest BCUT2D eigenvalue weighted by atomic mass is 10.00. The number of ether oxygens (including phenoxy) is 1. The fraction of sp³-hybridized carbons (Fsp3) is 0.333. The molecular formula is C30H34N2O3S. The van der Waals surface area contributed by atoms with Gasteiger partial charge in [0.1, 0.15) is 18.9 Å². The summed E-state index contributed by atoms with van der Waals surface area (Å²) in [6, 6.07) is 17.5. The van der Waals surface area contributed by atoms with Crippen LogP contribution in [0.3, 0.4) is 0 Å². The minimum atomic E-state index is -0.198. The van der Waals surface area contributed by atoms with Gasteiger partial charge in [-0.2, -0.15) is 0 Å². The zero-order chi connectivity index (χ0) is 25.7. The van der Waals surface area contributed by atoms with E-state index in [2.05, 4.69) is 44.0 Å². The monoisotopic (exact) mass is 502 g/mol. The van der Waals surface area contributed by atoms with E-state index < -0.39 is 0 Å². The Morgan fingerprint density at radius 2 is 1.92 bits per heavy atom. The van der Waals surface area contributed by atoms with Crippen LogP contribution in [0, 0.1) is 6.92 Å². The standard InChI is InChI=1S/C30H34N2O3S/c1-5-16-31(30(34)25-9-7-6-8-22(25)4)19-29(33)32-17-14-28-26(15-18-36-28)27(32)20-35-24-12-10-23(11-13-24)21(2)3/h5-13,15,18,21,27H,1,14,16-17,19-20H2,2-4H3. The first-order chi connectivity index (χ1) is 17.4. The molecule has 36 heavy (non-hydrogen) atoms. The van der Waals surface area contributed by atoms with E-state index in [0.29, 0.717) is 31.2 Å².